The van der Waals surface area contributed by atoms with Gasteiger partial charge in [0.1, 0.15) is 0 Å². The van der Waals surface area contributed by atoms with Crippen LogP contribution in [0, 0.1) is 0 Å². The molecule has 7 nitrogen and oxygen atoms in total. The molecular formula is C21H20IN5O2. The van der Waals surface area contributed by atoms with Crippen LogP contribution >= 0.6 is 22.9 Å². The average molecular weight is 501 g/mol. The van der Waals surface area contributed by atoms with E-state index in [1.54, 1.807) is 66.7 Å². The van der Waals surface area contributed by atoms with Crippen LogP contribution < -0.4 is 20.4 Å². The van der Waals surface area contributed by atoms with Crippen molar-refractivity contribution in [1.82, 2.24) is 5.01 Å². The molecule has 6 N–H and O–H groups in total. The van der Waals surface area contributed by atoms with Gasteiger partial charge in [-0.3, -0.25) is 14.6 Å². The number of anilines is 3. The molecule has 0 saturated heterocycles. The number of nitrogen functional groups attached to an aromatic ring is 1. The van der Waals surface area contributed by atoms with Crippen molar-refractivity contribution in [2.45, 2.75) is 6.54 Å². The fourth-order valence-corrected chi connectivity index (χ4v) is 3.21. The van der Waals surface area contributed by atoms with Crippen LogP contribution in [-0.4, -0.2) is 16.8 Å². The van der Waals surface area contributed by atoms with Crippen LogP contribution in [0.3, 0.4) is 0 Å². The largest absolute Gasteiger partial charge is 0.397 e. The summed E-state index contributed by atoms with van der Waals surface area (Å²) in [5, 5.41) is 3.92. The van der Waals surface area contributed by atoms with E-state index in [1.165, 1.54) is 0 Å². The second-order valence-electron chi connectivity index (χ2n) is 6.31. The Morgan fingerprint density at radius 2 is 1.52 bits per heavy atom. The van der Waals surface area contributed by atoms with Crippen molar-refractivity contribution >= 4 is 51.7 Å². The lowest BCUT2D eigenvalue weighted by Crippen LogP contribution is -2.37. The van der Waals surface area contributed by atoms with Crippen LogP contribution in [0.4, 0.5) is 17.1 Å². The molecule has 0 saturated carbocycles. The zero-order valence-corrected chi connectivity index (χ0v) is 17.6. The smallest absolute Gasteiger partial charge is 0.270 e. The predicted octanol–water partition coefficient (Wildman–Crippen LogP) is 3.80. The summed E-state index contributed by atoms with van der Waals surface area (Å²) >= 11 is 1.97. The number of nitrogens with zero attached hydrogens (tertiary/aromatic N) is 1. The average Bonchev–Trinajstić information content (AvgIpc) is 2.75. The Morgan fingerprint density at radius 1 is 0.897 bits per heavy atom. The number of para-hydroxylation sites is 3. The van der Waals surface area contributed by atoms with Gasteiger partial charge >= 0.3 is 0 Å². The molecule has 0 atom stereocenters. The van der Waals surface area contributed by atoms with Gasteiger partial charge < -0.3 is 14.6 Å². The van der Waals surface area contributed by atoms with Crippen molar-refractivity contribution < 1.29 is 9.59 Å². The first kappa shape index (κ1) is 20.6. The zero-order chi connectivity index (χ0) is 20.8. The fraction of sp³-hybridized carbons (Fsp3) is 0.0476. The monoisotopic (exact) mass is 501 g/mol. The molecule has 29 heavy (non-hydrogen) atoms. The SMILES string of the molecule is Nc1ccccc1NC(=O)c1ccc(CN(N)C(=O)c2ccccc2NI)cc1. The summed E-state index contributed by atoms with van der Waals surface area (Å²) in [6.07, 6.45) is 0. The maximum Gasteiger partial charge on any atom is 0.270 e. The van der Waals surface area contributed by atoms with Gasteiger partial charge in [-0.2, -0.15) is 0 Å². The maximum atomic E-state index is 12.6. The van der Waals surface area contributed by atoms with Gasteiger partial charge in [0.15, 0.2) is 0 Å². The van der Waals surface area contributed by atoms with Crippen LogP contribution in [0.25, 0.3) is 0 Å². The van der Waals surface area contributed by atoms with E-state index in [4.69, 9.17) is 11.6 Å². The normalized spacial score (nSPS) is 10.3. The Labute approximate surface area is 182 Å². The van der Waals surface area contributed by atoms with Crippen LogP contribution in [0.1, 0.15) is 26.3 Å². The van der Waals surface area contributed by atoms with E-state index in [9.17, 15) is 9.59 Å². The van der Waals surface area contributed by atoms with Crippen molar-refractivity contribution in [3.05, 3.63) is 89.5 Å². The zero-order valence-electron chi connectivity index (χ0n) is 15.4. The third kappa shape index (κ3) is 5.04. The third-order valence-electron chi connectivity index (χ3n) is 4.30. The molecule has 0 radical (unpaired) electrons. The molecule has 3 aromatic rings. The number of halogens is 1. The second-order valence-corrected chi connectivity index (χ2v) is 6.85. The lowest BCUT2D eigenvalue weighted by molar-refractivity contribution is 0.0744. The number of nitrogens with one attached hydrogen (secondary N) is 2. The molecule has 0 bridgehead atoms. The Kier molecular flexibility index (Phi) is 6.68. The van der Waals surface area contributed by atoms with Crippen LogP contribution in [0.5, 0.6) is 0 Å². The third-order valence-corrected chi connectivity index (χ3v) is 4.88. The van der Waals surface area contributed by atoms with Gasteiger partial charge in [0.2, 0.25) is 0 Å². The molecule has 0 spiro atoms. The first-order chi connectivity index (χ1) is 14.0. The van der Waals surface area contributed by atoms with Gasteiger partial charge in [-0.05, 0) is 42.0 Å². The van der Waals surface area contributed by atoms with E-state index in [1.807, 2.05) is 28.9 Å². The van der Waals surface area contributed by atoms with Crippen LogP contribution in [-0.2, 0) is 6.54 Å². The van der Waals surface area contributed by atoms with E-state index < -0.39 is 0 Å². The molecule has 8 heteroatoms. The molecule has 0 fully saturated rings. The van der Waals surface area contributed by atoms with Crippen molar-refractivity contribution in [3.63, 3.8) is 0 Å². The number of hydrazine groups is 1. The number of nitrogens with two attached hydrogens (primary N) is 2. The highest BCUT2D eigenvalue weighted by Crippen LogP contribution is 2.20. The number of hydrogen-bond donors (Lipinski definition) is 4. The highest BCUT2D eigenvalue weighted by atomic mass is 127. The Balaban J connectivity index is 1.66. The minimum atomic E-state index is -0.300. The maximum absolute atomic E-state index is 12.6. The van der Waals surface area contributed by atoms with Gasteiger partial charge in [0.05, 0.1) is 52.0 Å². The Hall–Kier alpha value is -3.11. The Morgan fingerprint density at radius 3 is 2.17 bits per heavy atom. The first-order valence-electron chi connectivity index (χ1n) is 8.76. The fourth-order valence-electron chi connectivity index (χ4n) is 2.74. The molecular weight excluding hydrogens is 481 g/mol. The number of carbonyl (C=O) groups is 2. The minimum absolute atomic E-state index is 0.210. The van der Waals surface area contributed by atoms with E-state index in [-0.39, 0.29) is 18.4 Å². The number of carbonyl (C=O) groups excluding carboxylic acids is 2. The molecule has 0 aliphatic heterocycles. The number of hydrogen-bond acceptors (Lipinski definition) is 5. The molecule has 0 unspecified atom stereocenters. The molecule has 0 aliphatic carbocycles. The van der Waals surface area contributed by atoms with Crippen molar-refractivity contribution in [1.29, 1.82) is 0 Å². The number of amides is 2. The molecule has 3 rings (SSSR count). The molecule has 0 heterocycles. The second kappa shape index (κ2) is 9.39. The quantitative estimate of drug-likeness (QED) is 0.103. The first-order valence-corrected chi connectivity index (χ1v) is 9.84. The summed E-state index contributed by atoms with van der Waals surface area (Å²) in [5.74, 6) is 5.42. The summed E-state index contributed by atoms with van der Waals surface area (Å²) in [6.45, 7) is 0.210. The highest BCUT2D eigenvalue weighted by Gasteiger charge is 2.16. The summed E-state index contributed by atoms with van der Waals surface area (Å²) in [7, 11) is 0. The van der Waals surface area contributed by atoms with E-state index in [2.05, 4.69) is 8.85 Å². The number of benzene rings is 3. The summed E-state index contributed by atoms with van der Waals surface area (Å²) < 4.78 is 2.95. The van der Waals surface area contributed by atoms with Crippen LogP contribution in [0.2, 0.25) is 0 Å². The summed E-state index contributed by atoms with van der Waals surface area (Å²) in [4.78, 5) is 25.0. The standard InChI is InChI=1S/C21H20IN5O2/c22-26-18-7-3-1-5-16(18)21(29)27(24)13-14-9-11-15(12-10-14)20(28)25-19-8-4-2-6-17(19)23/h1-12,26H,13,23-24H2,(H,25,28). The van der Waals surface area contributed by atoms with Gasteiger partial charge in [-0.25, -0.2) is 5.84 Å². The highest BCUT2D eigenvalue weighted by molar-refractivity contribution is 14.1. The van der Waals surface area contributed by atoms with E-state index >= 15 is 0 Å². The summed E-state index contributed by atoms with van der Waals surface area (Å²) in [5.41, 5.74) is 9.37. The summed E-state index contributed by atoms with van der Waals surface area (Å²) in [6, 6.07) is 21.1. The van der Waals surface area contributed by atoms with Gasteiger partial charge in [0.25, 0.3) is 11.8 Å². The predicted molar refractivity (Wildman–Crippen MR) is 123 cm³/mol. The number of rotatable bonds is 6. The molecule has 0 aliphatic rings. The van der Waals surface area contributed by atoms with Crippen molar-refractivity contribution in [2.24, 2.45) is 5.84 Å². The Bertz CT molecular complexity index is 1020. The van der Waals surface area contributed by atoms with Gasteiger partial charge in [-0.1, -0.05) is 36.4 Å². The van der Waals surface area contributed by atoms with Crippen molar-refractivity contribution in [3.8, 4) is 0 Å². The topological polar surface area (TPSA) is 113 Å². The van der Waals surface area contributed by atoms with Gasteiger partial charge in [0, 0.05) is 5.56 Å². The van der Waals surface area contributed by atoms with E-state index in [0.717, 1.165) is 10.6 Å². The van der Waals surface area contributed by atoms with E-state index in [0.29, 0.717) is 28.2 Å². The van der Waals surface area contributed by atoms with Gasteiger partial charge in [-0.15, -0.1) is 0 Å². The molecule has 148 valence electrons. The molecule has 3 aromatic carbocycles. The molecule has 2 amide bonds. The lowest BCUT2D eigenvalue weighted by atomic mass is 10.1. The van der Waals surface area contributed by atoms with Crippen molar-refractivity contribution in [2.75, 3.05) is 14.6 Å². The lowest BCUT2D eigenvalue weighted by Gasteiger charge is -2.18. The molecule has 0 aromatic heterocycles. The minimum Gasteiger partial charge on any atom is -0.397 e. The van der Waals surface area contributed by atoms with Crippen LogP contribution in [0.15, 0.2) is 72.8 Å².